The summed E-state index contributed by atoms with van der Waals surface area (Å²) in [6.45, 7) is 1.34. The van der Waals surface area contributed by atoms with Crippen molar-refractivity contribution in [3.8, 4) is 21.8 Å². The van der Waals surface area contributed by atoms with E-state index in [0.29, 0.717) is 19.0 Å². The Balaban J connectivity index is 1.87. The quantitative estimate of drug-likeness (QED) is 0.779. The number of thiophene rings is 1. The summed E-state index contributed by atoms with van der Waals surface area (Å²) in [4.78, 5) is 1.07. The molecule has 4 rings (SSSR count). The highest BCUT2D eigenvalue weighted by atomic mass is 32.1. The van der Waals surface area contributed by atoms with Crippen molar-refractivity contribution in [1.29, 1.82) is 0 Å². The lowest BCUT2D eigenvalue weighted by atomic mass is 10.0. The van der Waals surface area contributed by atoms with Crippen LogP contribution >= 0.6 is 11.3 Å². The molecule has 3 heterocycles. The van der Waals surface area contributed by atoms with Crippen LogP contribution in [0.15, 0.2) is 40.2 Å². The van der Waals surface area contributed by atoms with Crippen molar-refractivity contribution >= 4 is 17.2 Å². The van der Waals surface area contributed by atoms with Crippen LogP contribution in [0, 0.1) is 0 Å². The van der Waals surface area contributed by atoms with Gasteiger partial charge in [-0.25, -0.2) is 0 Å². The second kappa shape index (κ2) is 4.47. The number of rotatable bonds is 2. The van der Waals surface area contributed by atoms with Gasteiger partial charge in [0, 0.05) is 10.4 Å². The van der Waals surface area contributed by atoms with Gasteiger partial charge in [-0.2, -0.15) is 0 Å². The van der Waals surface area contributed by atoms with E-state index in [9.17, 15) is 0 Å². The molecule has 1 aromatic carbocycles. The topological polar surface area (TPSA) is 61.3 Å². The highest BCUT2D eigenvalue weighted by Gasteiger charge is 2.20. The van der Waals surface area contributed by atoms with E-state index in [1.807, 2.05) is 23.6 Å². The van der Waals surface area contributed by atoms with Crippen molar-refractivity contribution in [2.75, 3.05) is 5.73 Å². The summed E-state index contributed by atoms with van der Waals surface area (Å²) in [5, 5.41) is 5.94. The maximum Gasteiger partial charge on any atom is 0.177 e. The molecule has 5 heteroatoms. The average Bonchev–Trinajstić information content (AvgIpc) is 3.17. The number of benzene rings is 1. The number of hydrogen-bond donors (Lipinski definition) is 1. The van der Waals surface area contributed by atoms with E-state index in [2.05, 4.69) is 17.3 Å². The first-order valence-electron chi connectivity index (χ1n) is 6.32. The van der Waals surface area contributed by atoms with Gasteiger partial charge in [-0.3, -0.25) is 0 Å². The molecule has 3 aromatic rings. The largest absolute Gasteiger partial charge is 0.380 e. The standard InChI is InChI=1S/C15H12N2O2S/c16-15-13(12-2-1-5-20-12)14(19-17-15)9-3-4-10-7-18-8-11(10)6-9/h1-6H,7-8H2,(H2,16,17). The summed E-state index contributed by atoms with van der Waals surface area (Å²) in [6, 6.07) is 10.2. The first-order valence-corrected chi connectivity index (χ1v) is 7.20. The fraction of sp³-hybridized carbons (Fsp3) is 0.133. The lowest BCUT2D eigenvalue weighted by Crippen LogP contribution is -1.88. The molecule has 0 bridgehead atoms. The van der Waals surface area contributed by atoms with E-state index in [1.54, 1.807) is 11.3 Å². The van der Waals surface area contributed by atoms with Gasteiger partial charge in [0.25, 0.3) is 0 Å². The number of aromatic nitrogens is 1. The third-order valence-electron chi connectivity index (χ3n) is 3.47. The fourth-order valence-corrected chi connectivity index (χ4v) is 3.25. The van der Waals surface area contributed by atoms with E-state index in [1.165, 1.54) is 11.1 Å². The molecular formula is C15H12N2O2S. The van der Waals surface area contributed by atoms with Crippen LogP contribution in [0.25, 0.3) is 21.8 Å². The Morgan fingerprint density at radius 1 is 1.15 bits per heavy atom. The molecule has 100 valence electrons. The van der Waals surface area contributed by atoms with E-state index in [-0.39, 0.29) is 0 Å². The monoisotopic (exact) mass is 284 g/mol. The molecule has 0 fully saturated rings. The predicted molar refractivity (Wildman–Crippen MR) is 78.2 cm³/mol. The van der Waals surface area contributed by atoms with Crippen molar-refractivity contribution in [2.24, 2.45) is 0 Å². The van der Waals surface area contributed by atoms with Gasteiger partial charge in [0.1, 0.15) is 0 Å². The molecule has 0 unspecified atom stereocenters. The van der Waals surface area contributed by atoms with Crippen LogP contribution in [0.5, 0.6) is 0 Å². The Bertz CT molecular complexity index is 762. The number of anilines is 1. The normalized spacial score (nSPS) is 13.6. The summed E-state index contributed by atoms with van der Waals surface area (Å²) in [6.07, 6.45) is 0. The summed E-state index contributed by atoms with van der Waals surface area (Å²) < 4.78 is 10.9. The molecule has 0 spiro atoms. The minimum absolute atomic E-state index is 0.430. The summed E-state index contributed by atoms with van der Waals surface area (Å²) >= 11 is 1.62. The van der Waals surface area contributed by atoms with Gasteiger partial charge in [-0.1, -0.05) is 23.4 Å². The zero-order valence-corrected chi connectivity index (χ0v) is 11.4. The number of fused-ring (bicyclic) bond motifs is 1. The Kier molecular flexibility index (Phi) is 2.61. The number of nitrogens with two attached hydrogens (primary N) is 1. The number of nitrogen functional groups attached to an aromatic ring is 1. The molecule has 0 atom stereocenters. The molecule has 1 aliphatic heterocycles. The zero-order valence-electron chi connectivity index (χ0n) is 10.6. The molecule has 0 saturated carbocycles. The van der Waals surface area contributed by atoms with E-state index in [0.717, 1.165) is 21.8 Å². The fourth-order valence-electron chi connectivity index (χ4n) is 2.47. The van der Waals surface area contributed by atoms with Gasteiger partial charge in [-0.15, -0.1) is 11.3 Å². The Morgan fingerprint density at radius 3 is 2.90 bits per heavy atom. The zero-order chi connectivity index (χ0) is 13.5. The van der Waals surface area contributed by atoms with Crippen molar-refractivity contribution in [1.82, 2.24) is 5.16 Å². The van der Waals surface area contributed by atoms with Crippen LogP contribution in [0.2, 0.25) is 0 Å². The molecule has 1 aliphatic rings. The lowest BCUT2D eigenvalue weighted by molar-refractivity contribution is 0.134. The minimum Gasteiger partial charge on any atom is -0.380 e. The molecule has 0 aliphatic carbocycles. The molecule has 20 heavy (non-hydrogen) atoms. The Hall–Kier alpha value is -2.11. The SMILES string of the molecule is Nc1noc(-c2ccc3c(c2)COC3)c1-c1cccs1. The van der Waals surface area contributed by atoms with Crippen LogP contribution in [-0.4, -0.2) is 5.16 Å². The summed E-state index contributed by atoms with van der Waals surface area (Å²) in [5.74, 6) is 1.15. The van der Waals surface area contributed by atoms with Crippen molar-refractivity contribution in [2.45, 2.75) is 13.2 Å². The van der Waals surface area contributed by atoms with Gasteiger partial charge in [-0.05, 0) is 28.6 Å². The first kappa shape index (κ1) is 11.7. The lowest BCUT2D eigenvalue weighted by Gasteiger charge is -2.03. The molecular weight excluding hydrogens is 272 g/mol. The number of ether oxygens (including phenoxy) is 1. The van der Waals surface area contributed by atoms with E-state index in [4.69, 9.17) is 15.0 Å². The van der Waals surface area contributed by atoms with Gasteiger partial charge in [0.15, 0.2) is 11.6 Å². The Morgan fingerprint density at radius 2 is 2.05 bits per heavy atom. The average molecular weight is 284 g/mol. The highest BCUT2D eigenvalue weighted by Crippen LogP contribution is 2.39. The van der Waals surface area contributed by atoms with Crippen LogP contribution in [0.3, 0.4) is 0 Å². The van der Waals surface area contributed by atoms with Gasteiger partial charge >= 0.3 is 0 Å². The molecule has 4 nitrogen and oxygen atoms in total. The molecule has 0 amide bonds. The van der Waals surface area contributed by atoms with E-state index >= 15 is 0 Å². The van der Waals surface area contributed by atoms with Crippen LogP contribution in [0.1, 0.15) is 11.1 Å². The molecule has 2 aromatic heterocycles. The van der Waals surface area contributed by atoms with Gasteiger partial charge in [0.05, 0.1) is 18.8 Å². The molecule has 0 saturated heterocycles. The van der Waals surface area contributed by atoms with Gasteiger partial charge < -0.3 is 15.0 Å². The molecule has 2 N–H and O–H groups in total. The summed E-state index contributed by atoms with van der Waals surface area (Å²) in [5.41, 5.74) is 10.3. The second-order valence-corrected chi connectivity index (χ2v) is 5.67. The molecule has 0 radical (unpaired) electrons. The third-order valence-corrected chi connectivity index (χ3v) is 4.36. The predicted octanol–water partition coefficient (Wildman–Crippen LogP) is 3.68. The van der Waals surface area contributed by atoms with Gasteiger partial charge in [0.2, 0.25) is 0 Å². The minimum atomic E-state index is 0.430. The maximum absolute atomic E-state index is 5.96. The van der Waals surface area contributed by atoms with Crippen LogP contribution < -0.4 is 5.73 Å². The van der Waals surface area contributed by atoms with E-state index < -0.39 is 0 Å². The third kappa shape index (κ3) is 1.75. The first-order chi connectivity index (χ1) is 9.83. The summed E-state index contributed by atoms with van der Waals surface area (Å²) in [7, 11) is 0. The van der Waals surface area contributed by atoms with Crippen molar-refractivity contribution < 1.29 is 9.26 Å². The van der Waals surface area contributed by atoms with Crippen LogP contribution in [0.4, 0.5) is 5.82 Å². The number of hydrogen-bond acceptors (Lipinski definition) is 5. The Labute approximate surface area is 119 Å². The smallest absolute Gasteiger partial charge is 0.177 e. The van der Waals surface area contributed by atoms with Crippen LogP contribution in [-0.2, 0) is 18.0 Å². The second-order valence-electron chi connectivity index (χ2n) is 4.73. The number of nitrogens with zero attached hydrogens (tertiary/aromatic N) is 1. The van der Waals surface area contributed by atoms with Crippen molar-refractivity contribution in [3.05, 3.63) is 46.8 Å². The van der Waals surface area contributed by atoms with Crippen molar-refractivity contribution in [3.63, 3.8) is 0 Å². The maximum atomic E-state index is 5.96. The highest BCUT2D eigenvalue weighted by molar-refractivity contribution is 7.13.